The van der Waals surface area contributed by atoms with Gasteiger partial charge in [-0.15, -0.1) is 0 Å². The average molecular weight is 205 g/mol. The highest BCUT2D eigenvalue weighted by Gasteiger charge is 2.13. The summed E-state index contributed by atoms with van der Waals surface area (Å²) in [4.78, 5) is 13.0. The molecule has 0 saturated heterocycles. The Bertz CT molecular complexity index is 421. The summed E-state index contributed by atoms with van der Waals surface area (Å²) in [7, 11) is 0. The molecular weight excluding hydrogens is 202 g/mol. The molecule has 6 heteroatoms. The average Bonchev–Trinajstić information content (AvgIpc) is 2.03. The molecule has 0 radical (unpaired) electrons. The van der Waals surface area contributed by atoms with E-state index in [4.69, 9.17) is 16.9 Å². The molecule has 0 aromatic carbocycles. The molecule has 1 heterocycles. The van der Waals surface area contributed by atoms with E-state index in [-0.39, 0.29) is 10.7 Å². The number of halogens is 3. The number of H-pyrrole nitrogens is 1. The summed E-state index contributed by atoms with van der Waals surface area (Å²) in [5.74, 6) is 0. The van der Waals surface area contributed by atoms with E-state index in [1.807, 2.05) is 0 Å². The van der Waals surface area contributed by atoms with Gasteiger partial charge >= 0.3 is 0 Å². The molecule has 0 aliphatic heterocycles. The molecule has 1 aromatic heterocycles. The molecule has 0 saturated carbocycles. The van der Waals surface area contributed by atoms with Crippen molar-refractivity contribution < 1.29 is 8.78 Å². The molecule has 1 aromatic rings. The quantitative estimate of drug-likeness (QED) is 0.710. The lowest BCUT2D eigenvalue weighted by molar-refractivity contribution is 0.146. The first-order valence-electron chi connectivity index (χ1n) is 3.17. The number of nitrogens with one attached hydrogen (secondary N) is 1. The predicted molar refractivity (Wildman–Crippen MR) is 41.7 cm³/mol. The second-order valence-electron chi connectivity index (χ2n) is 2.19. The van der Waals surface area contributed by atoms with Gasteiger partial charge in [0.2, 0.25) is 5.43 Å². The van der Waals surface area contributed by atoms with Crippen LogP contribution in [-0.4, -0.2) is 4.98 Å². The van der Waals surface area contributed by atoms with Crippen LogP contribution in [0.3, 0.4) is 0 Å². The Morgan fingerprint density at radius 1 is 1.62 bits per heavy atom. The van der Waals surface area contributed by atoms with Crippen molar-refractivity contribution in [3.63, 3.8) is 0 Å². The SMILES string of the molecule is N#Cc1c(Cl)[nH]c(C(F)F)cc1=O. The standard InChI is InChI=1S/C7H3ClF2N2O/c8-6-3(2-11)5(13)1-4(12-6)7(9)10/h1,7H,(H,12,13). The van der Waals surface area contributed by atoms with Crippen molar-refractivity contribution in [1.82, 2.24) is 4.98 Å². The molecule has 68 valence electrons. The lowest BCUT2D eigenvalue weighted by Crippen LogP contribution is -2.09. The van der Waals surface area contributed by atoms with Crippen LogP contribution in [0.2, 0.25) is 5.15 Å². The summed E-state index contributed by atoms with van der Waals surface area (Å²) in [5, 5.41) is 8.03. The van der Waals surface area contributed by atoms with Crippen LogP contribution in [0.1, 0.15) is 17.7 Å². The number of hydrogen-bond donors (Lipinski definition) is 1. The van der Waals surface area contributed by atoms with Crippen LogP contribution in [0.4, 0.5) is 8.78 Å². The van der Waals surface area contributed by atoms with E-state index in [1.165, 1.54) is 6.07 Å². The lowest BCUT2D eigenvalue weighted by Gasteiger charge is -2.00. The van der Waals surface area contributed by atoms with Crippen molar-refractivity contribution in [3.8, 4) is 6.07 Å². The Morgan fingerprint density at radius 3 is 2.62 bits per heavy atom. The van der Waals surface area contributed by atoms with Crippen LogP contribution < -0.4 is 5.43 Å². The van der Waals surface area contributed by atoms with E-state index in [0.717, 1.165) is 0 Å². The second-order valence-corrected chi connectivity index (χ2v) is 2.57. The number of aromatic amines is 1. The number of aromatic nitrogens is 1. The maximum absolute atomic E-state index is 12.1. The number of rotatable bonds is 1. The van der Waals surface area contributed by atoms with Gasteiger partial charge in [-0.2, -0.15) is 5.26 Å². The number of alkyl halides is 2. The minimum atomic E-state index is -2.81. The van der Waals surface area contributed by atoms with Crippen molar-refractivity contribution in [2.24, 2.45) is 0 Å². The molecule has 0 bridgehead atoms. The third-order valence-electron chi connectivity index (χ3n) is 1.35. The first-order chi connectivity index (χ1) is 6.06. The van der Waals surface area contributed by atoms with Crippen LogP contribution in [0, 0.1) is 11.3 Å². The van der Waals surface area contributed by atoms with Crippen molar-refractivity contribution in [3.05, 3.63) is 32.7 Å². The van der Waals surface area contributed by atoms with Gasteiger partial charge in [0.15, 0.2) is 0 Å². The summed E-state index contributed by atoms with van der Waals surface area (Å²) in [6, 6.07) is 2.17. The zero-order valence-corrected chi connectivity index (χ0v) is 6.90. The van der Waals surface area contributed by atoms with Gasteiger partial charge in [-0.3, -0.25) is 4.79 Å². The summed E-state index contributed by atoms with van der Waals surface area (Å²) in [6.45, 7) is 0. The zero-order valence-electron chi connectivity index (χ0n) is 6.14. The zero-order chi connectivity index (χ0) is 10.0. The normalized spacial score (nSPS) is 10.1. The van der Waals surface area contributed by atoms with Gasteiger partial charge in [0, 0.05) is 6.07 Å². The minimum absolute atomic E-state index is 0.355. The number of nitriles is 1. The molecular formula is C7H3ClF2N2O. The van der Waals surface area contributed by atoms with Crippen LogP contribution in [0.25, 0.3) is 0 Å². The second kappa shape index (κ2) is 3.54. The Labute approximate surface area is 76.6 Å². The topological polar surface area (TPSA) is 56.6 Å². The van der Waals surface area contributed by atoms with Crippen LogP contribution in [0.5, 0.6) is 0 Å². The van der Waals surface area contributed by atoms with Crippen LogP contribution in [-0.2, 0) is 0 Å². The van der Waals surface area contributed by atoms with E-state index in [0.29, 0.717) is 6.07 Å². The van der Waals surface area contributed by atoms with E-state index in [9.17, 15) is 13.6 Å². The summed E-state index contributed by atoms with van der Waals surface area (Å²) in [6.07, 6.45) is -2.81. The number of hydrogen-bond acceptors (Lipinski definition) is 2. The van der Waals surface area contributed by atoms with Gasteiger partial charge in [-0.1, -0.05) is 11.6 Å². The Balaban J connectivity index is 3.40. The van der Waals surface area contributed by atoms with Gasteiger partial charge in [-0.05, 0) is 0 Å². The number of pyridine rings is 1. The summed E-state index contributed by atoms with van der Waals surface area (Å²) < 4.78 is 24.1. The minimum Gasteiger partial charge on any atom is -0.344 e. The third kappa shape index (κ3) is 1.84. The largest absolute Gasteiger partial charge is 0.344 e. The Morgan fingerprint density at radius 2 is 2.23 bits per heavy atom. The van der Waals surface area contributed by atoms with Gasteiger partial charge in [0.05, 0.1) is 5.69 Å². The molecule has 0 aliphatic rings. The smallest absolute Gasteiger partial charge is 0.278 e. The van der Waals surface area contributed by atoms with Gasteiger partial charge in [-0.25, -0.2) is 8.78 Å². The monoisotopic (exact) mass is 204 g/mol. The fourth-order valence-electron chi connectivity index (χ4n) is 0.769. The highest BCUT2D eigenvalue weighted by molar-refractivity contribution is 6.30. The fourth-order valence-corrected chi connectivity index (χ4v) is 1.01. The van der Waals surface area contributed by atoms with Gasteiger partial charge in [0.25, 0.3) is 6.43 Å². The van der Waals surface area contributed by atoms with Crippen LogP contribution in [0.15, 0.2) is 10.9 Å². The summed E-state index contributed by atoms with van der Waals surface area (Å²) >= 11 is 5.37. The first-order valence-corrected chi connectivity index (χ1v) is 3.55. The van der Waals surface area contributed by atoms with Gasteiger partial charge < -0.3 is 4.98 Å². The highest BCUT2D eigenvalue weighted by atomic mass is 35.5. The molecule has 0 fully saturated rings. The molecule has 0 aliphatic carbocycles. The van der Waals surface area contributed by atoms with Crippen molar-refractivity contribution in [1.29, 1.82) is 5.26 Å². The van der Waals surface area contributed by atoms with Gasteiger partial charge in [0.1, 0.15) is 16.8 Å². The lowest BCUT2D eigenvalue weighted by atomic mass is 10.2. The number of nitrogens with zero attached hydrogens (tertiary/aromatic N) is 1. The van der Waals surface area contributed by atoms with E-state index < -0.39 is 17.5 Å². The molecule has 0 amide bonds. The molecule has 3 nitrogen and oxygen atoms in total. The van der Waals surface area contributed by atoms with Crippen molar-refractivity contribution in [2.45, 2.75) is 6.43 Å². The highest BCUT2D eigenvalue weighted by Crippen LogP contribution is 2.17. The van der Waals surface area contributed by atoms with Crippen molar-refractivity contribution in [2.75, 3.05) is 0 Å². The molecule has 0 atom stereocenters. The Hall–Kier alpha value is -1.41. The molecule has 1 N–H and O–H groups in total. The van der Waals surface area contributed by atoms with E-state index >= 15 is 0 Å². The van der Waals surface area contributed by atoms with Crippen molar-refractivity contribution >= 4 is 11.6 Å². The van der Waals surface area contributed by atoms with Crippen LogP contribution >= 0.6 is 11.6 Å². The molecule has 0 spiro atoms. The Kier molecular flexibility index (Phi) is 2.63. The predicted octanol–water partition coefficient (Wildman–Crippen LogP) is 1.84. The van der Waals surface area contributed by atoms with E-state index in [1.54, 1.807) is 0 Å². The molecule has 0 unspecified atom stereocenters. The van der Waals surface area contributed by atoms with E-state index in [2.05, 4.69) is 4.98 Å². The third-order valence-corrected chi connectivity index (χ3v) is 1.64. The molecule has 1 rings (SSSR count). The maximum Gasteiger partial charge on any atom is 0.278 e. The molecule has 13 heavy (non-hydrogen) atoms. The fraction of sp³-hybridized carbons (Fsp3) is 0.143. The maximum atomic E-state index is 12.1. The summed E-state index contributed by atoms with van der Waals surface area (Å²) in [5.41, 5.74) is -1.75. The first kappa shape index (κ1) is 9.68.